The molecule has 2 aromatic rings. The Labute approximate surface area is 145 Å². The third-order valence-corrected chi connectivity index (χ3v) is 4.82. The summed E-state index contributed by atoms with van der Waals surface area (Å²) < 4.78 is 27.3. The third-order valence-electron chi connectivity index (χ3n) is 4.82. The second kappa shape index (κ2) is 6.82. The van der Waals surface area contributed by atoms with Crippen molar-refractivity contribution in [1.29, 1.82) is 0 Å². The van der Waals surface area contributed by atoms with E-state index in [2.05, 4.69) is 15.5 Å². The van der Waals surface area contributed by atoms with Gasteiger partial charge in [0.05, 0.1) is 17.8 Å². The Kier molecular flexibility index (Phi) is 4.74. The van der Waals surface area contributed by atoms with Gasteiger partial charge in [-0.2, -0.15) is 5.10 Å². The molecule has 1 aliphatic rings. The Balaban J connectivity index is 1.77. The number of hydrogen-bond acceptors (Lipinski definition) is 2. The zero-order chi connectivity index (χ0) is 18.1. The number of urea groups is 1. The molecule has 134 valence electrons. The van der Waals surface area contributed by atoms with Gasteiger partial charge in [0.25, 0.3) is 0 Å². The van der Waals surface area contributed by atoms with Crippen molar-refractivity contribution in [3.05, 3.63) is 52.3 Å². The lowest BCUT2D eigenvalue weighted by atomic mass is 10.0. The molecule has 0 saturated carbocycles. The molecule has 25 heavy (non-hydrogen) atoms. The van der Waals surface area contributed by atoms with Crippen molar-refractivity contribution >= 4 is 6.03 Å². The molecule has 1 fully saturated rings. The lowest BCUT2D eigenvalue weighted by Gasteiger charge is -2.27. The van der Waals surface area contributed by atoms with E-state index in [9.17, 15) is 13.6 Å². The van der Waals surface area contributed by atoms with Crippen LogP contribution in [0.2, 0.25) is 0 Å². The van der Waals surface area contributed by atoms with E-state index in [4.69, 9.17) is 0 Å². The van der Waals surface area contributed by atoms with Crippen molar-refractivity contribution in [2.75, 3.05) is 6.54 Å². The molecule has 0 radical (unpaired) electrons. The summed E-state index contributed by atoms with van der Waals surface area (Å²) in [6.45, 7) is 6.13. The summed E-state index contributed by atoms with van der Waals surface area (Å²) in [5.41, 5.74) is 3.01. The molecule has 7 heteroatoms. The van der Waals surface area contributed by atoms with Crippen molar-refractivity contribution in [3.63, 3.8) is 0 Å². The van der Waals surface area contributed by atoms with Crippen molar-refractivity contribution in [3.8, 4) is 0 Å². The number of rotatable bonds is 3. The fourth-order valence-corrected chi connectivity index (χ4v) is 3.56. The first-order chi connectivity index (χ1) is 11.9. The van der Waals surface area contributed by atoms with E-state index in [0.29, 0.717) is 6.54 Å². The van der Waals surface area contributed by atoms with E-state index in [-0.39, 0.29) is 17.6 Å². The lowest BCUT2D eigenvalue weighted by molar-refractivity contribution is 0.189. The third kappa shape index (κ3) is 3.23. The summed E-state index contributed by atoms with van der Waals surface area (Å²) in [6.07, 6.45) is 1.75. The molecule has 1 aliphatic heterocycles. The average Bonchev–Trinajstić information content (AvgIpc) is 3.16. The monoisotopic (exact) mass is 348 g/mol. The summed E-state index contributed by atoms with van der Waals surface area (Å²) in [4.78, 5) is 14.5. The highest BCUT2D eigenvalue weighted by molar-refractivity contribution is 5.75. The molecule has 2 N–H and O–H groups in total. The second-order valence-electron chi connectivity index (χ2n) is 6.51. The highest BCUT2D eigenvalue weighted by Crippen LogP contribution is 2.35. The number of nitrogens with one attached hydrogen (secondary N) is 2. The van der Waals surface area contributed by atoms with Crippen molar-refractivity contribution in [2.24, 2.45) is 0 Å². The maximum Gasteiger partial charge on any atom is 0.318 e. The van der Waals surface area contributed by atoms with Gasteiger partial charge in [-0.25, -0.2) is 13.6 Å². The molecule has 2 atom stereocenters. The Morgan fingerprint density at radius 1 is 1.40 bits per heavy atom. The number of halogens is 2. The molecule has 1 saturated heterocycles. The van der Waals surface area contributed by atoms with Crippen LogP contribution in [-0.2, 0) is 0 Å². The number of aromatic amines is 1. The topological polar surface area (TPSA) is 61.0 Å². The van der Waals surface area contributed by atoms with Gasteiger partial charge in [-0.3, -0.25) is 5.10 Å². The number of aryl methyl sites for hydroxylation is 2. The fraction of sp³-hybridized carbons (Fsp3) is 0.444. The van der Waals surface area contributed by atoms with E-state index >= 15 is 0 Å². The first kappa shape index (κ1) is 17.4. The van der Waals surface area contributed by atoms with Crippen molar-refractivity contribution in [2.45, 2.75) is 45.7 Å². The number of amides is 2. The predicted octanol–water partition coefficient (Wildman–Crippen LogP) is 3.91. The molecule has 2 amide bonds. The molecule has 0 unspecified atom stereocenters. The van der Waals surface area contributed by atoms with Crippen LogP contribution in [0.1, 0.15) is 54.4 Å². The molecule has 1 aromatic heterocycles. The van der Waals surface area contributed by atoms with Crippen LogP contribution in [0.5, 0.6) is 0 Å². The fourth-order valence-electron chi connectivity index (χ4n) is 3.56. The van der Waals surface area contributed by atoms with Gasteiger partial charge in [-0.15, -0.1) is 0 Å². The van der Waals surface area contributed by atoms with Crippen molar-refractivity contribution < 1.29 is 13.6 Å². The Hall–Kier alpha value is -2.44. The summed E-state index contributed by atoms with van der Waals surface area (Å²) in [7, 11) is 0. The highest BCUT2D eigenvalue weighted by atomic mass is 19.2. The molecular formula is C18H22F2N4O. The Morgan fingerprint density at radius 2 is 2.16 bits per heavy atom. The standard InChI is InChI=1S/C18H22F2N4O/c1-10(13-6-4-7-14(19)17(13)20)21-18(25)24-9-5-8-15(24)16-11(2)22-23-12(16)3/h4,6-7,10,15H,5,8-9H2,1-3H3,(H,21,25)(H,22,23)/t10-,15+/m0/s1. The number of carbonyl (C=O) groups excluding carboxylic acids is 1. The second-order valence-corrected chi connectivity index (χ2v) is 6.51. The minimum atomic E-state index is -0.921. The van der Waals surface area contributed by atoms with Crippen LogP contribution in [0.15, 0.2) is 18.2 Å². The van der Waals surface area contributed by atoms with Gasteiger partial charge >= 0.3 is 6.03 Å². The number of benzene rings is 1. The van der Waals surface area contributed by atoms with Gasteiger partial charge in [0.1, 0.15) is 0 Å². The van der Waals surface area contributed by atoms with E-state index in [1.54, 1.807) is 11.8 Å². The molecule has 3 rings (SSSR count). The first-order valence-corrected chi connectivity index (χ1v) is 8.42. The SMILES string of the molecule is Cc1n[nH]c(C)c1[C@H]1CCCN1C(=O)N[C@@H](C)c1cccc(F)c1F. The largest absolute Gasteiger partial charge is 0.331 e. The molecule has 1 aromatic carbocycles. The molecule has 5 nitrogen and oxygen atoms in total. The maximum atomic E-state index is 13.9. The normalized spacial score (nSPS) is 18.4. The quantitative estimate of drug-likeness (QED) is 0.883. The van der Waals surface area contributed by atoms with Gasteiger partial charge in [-0.05, 0) is 39.7 Å². The van der Waals surface area contributed by atoms with Crippen LogP contribution < -0.4 is 5.32 Å². The van der Waals surface area contributed by atoms with Crippen LogP contribution in [0, 0.1) is 25.5 Å². The van der Waals surface area contributed by atoms with Crippen LogP contribution in [0.3, 0.4) is 0 Å². The van der Waals surface area contributed by atoms with Gasteiger partial charge in [0.2, 0.25) is 0 Å². The molecule has 0 spiro atoms. The van der Waals surface area contributed by atoms with Crippen LogP contribution in [0.4, 0.5) is 13.6 Å². The zero-order valence-electron chi connectivity index (χ0n) is 14.6. The van der Waals surface area contributed by atoms with E-state index < -0.39 is 17.7 Å². The van der Waals surface area contributed by atoms with E-state index in [1.165, 1.54) is 12.1 Å². The minimum Gasteiger partial charge on any atom is -0.331 e. The van der Waals surface area contributed by atoms with Gasteiger partial charge in [-0.1, -0.05) is 12.1 Å². The zero-order valence-corrected chi connectivity index (χ0v) is 14.6. The maximum absolute atomic E-state index is 13.9. The van der Waals surface area contributed by atoms with Crippen molar-refractivity contribution in [1.82, 2.24) is 20.4 Å². The van der Waals surface area contributed by atoms with Gasteiger partial charge in [0, 0.05) is 23.4 Å². The first-order valence-electron chi connectivity index (χ1n) is 8.42. The number of hydrogen-bond donors (Lipinski definition) is 2. The number of likely N-dealkylation sites (tertiary alicyclic amines) is 1. The number of nitrogens with zero attached hydrogens (tertiary/aromatic N) is 2. The number of aromatic nitrogens is 2. The van der Waals surface area contributed by atoms with Crippen LogP contribution in [0.25, 0.3) is 0 Å². The van der Waals surface area contributed by atoms with E-state index in [0.717, 1.165) is 35.9 Å². The predicted molar refractivity (Wildman–Crippen MR) is 90.0 cm³/mol. The van der Waals surface area contributed by atoms with E-state index in [1.807, 2.05) is 13.8 Å². The summed E-state index contributed by atoms with van der Waals surface area (Å²) in [6, 6.07) is 3.02. The molecule has 0 bridgehead atoms. The average molecular weight is 348 g/mol. The Morgan fingerprint density at radius 3 is 2.84 bits per heavy atom. The number of carbonyl (C=O) groups is 1. The highest BCUT2D eigenvalue weighted by Gasteiger charge is 2.33. The molecule has 0 aliphatic carbocycles. The van der Waals surface area contributed by atoms with Crippen LogP contribution >= 0.6 is 0 Å². The smallest absolute Gasteiger partial charge is 0.318 e. The molecular weight excluding hydrogens is 326 g/mol. The molecule has 2 heterocycles. The summed E-state index contributed by atoms with van der Waals surface area (Å²) >= 11 is 0. The summed E-state index contributed by atoms with van der Waals surface area (Å²) in [5, 5.41) is 9.95. The Bertz CT molecular complexity index is 770. The minimum absolute atomic E-state index is 0.0525. The lowest BCUT2D eigenvalue weighted by Crippen LogP contribution is -2.41. The van der Waals surface area contributed by atoms with Gasteiger partial charge < -0.3 is 10.2 Å². The number of H-pyrrole nitrogens is 1. The van der Waals surface area contributed by atoms with Crippen LogP contribution in [-0.4, -0.2) is 27.7 Å². The summed E-state index contributed by atoms with van der Waals surface area (Å²) in [5.74, 6) is -1.84. The van der Waals surface area contributed by atoms with Gasteiger partial charge in [0.15, 0.2) is 11.6 Å².